The van der Waals surface area contributed by atoms with E-state index in [0.717, 1.165) is 0 Å². The summed E-state index contributed by atoms with van der Waals surface area (Å²) < 4.78 is 12.8. The molecule has 0 unspecified atom stereocenters. The van der Waals surface area contributed by atoms with Crippen LogP contribution in [0.4, 0.5) is 4.39 Å². The maximum absolute atomic E-state index is 12.8. The number of nitrogens with zero attached hydrogens (tertiary/aromatic N) is 1. The highest BCUT2D eigenvalue weighted by Gasteiger charge is 2.00. The van der Waals surface area contributed by atoms with E-state index in [0.29, 0.717) is 10.6 Å². The van der Waals surface area contributed by atoms with E-state index >= 15 is 0 Å². The van der Waals surface area contributed by atoms with Gasteiger partial charge in [0.25, 0.3) is 0 Å². The topological polar surface area (TPSA) is 29.4 Å². The average Bonchev–Trinajstić information content (AvgIpc) is 2.07. The molecule has 1 aromatic rings. The second-order valence-corrected chi connectivity index (χ2v) is 2.58. The standard InChI is InChI=1S/C8H5ClFNO/c9-7-1-2-8(10)6(3-7)4-11-5-12/h1-3H,4H2. The molecule has 2 nitrogen and oxygen atoms in total. The highest BCUT2D eigenvalue weighted by molar-refractivity contribution is 6.30. The molecule has 0 heterocycles. The molecule has 0 bridgehead atoms. The minimum Gasteiger partial charge on any atom is -0.211 e. The lowest BCUT2D eigenvalue weighted by Crippen LogP contribution is -1.87. The summed E-state index contributed by atoms with van der Waals surface area (Å²) in [6.45, 7) is -0.0180. The molecular weight excluding hydrogens is 181 g/mol. The smallest absolute Gasteiger partial charge is 0.211 e. The molecule has 1 aromatic carbocycles. The molecule has 12 heavy (non-hydrogen) atoms. The van der Waals surface area contributed by atoms with E-state index < -0.39 is 5.82 Å². The number of rotatable bonds is 2. The van der Waals surface area contributed by atoms with Crippen LogP contribution in [-0.4, -0.2) is 6.08 Å². The van der Waals surface area contributed by atoms with Crippen LogP contribution in [0, 0.1) is 5.82 Å². The van der Waals surface area contributed by atoms with E-state index in [9.17, 15) is 9.18 Å². The van der Waals surface area contributed by atoms with Gasteiger partial charge in [0, 0.05) is 10.6 Å². The molecule has 4 heteroatoms. The van der Waals surface area contributed by atoms with Crippen LogP contribution in [0.3, 0.4) is 0 Å². The van der Waals surface area contributed by atoms with Gasteiger partial charge in [0.05, 0.1) is 6.54 Å². The number of benzene rings is 1. The largest absolute Gasteiger partial charge is 0.235 e. The molecule has 0 amide bonds. The van der Waals surface area contributed by atoms with Gasteiger partial charge in [0.2, 0.25) is 6.08 Å². The maximum atomic E-state index is 12.8. The quantitative estimate of drug-likeness (QED) is 0.514. The first-order valence-electron chi connectivity index (χ1n) is 3.21. The fourth-order valence-corrected chi connectivity index (χ4v) is 0.977. The van der Waals surface area contributed by atoms with Gasteiger partial charge in [-0.15, -0.1) is 0 Å². The van der Waals surface area contributed by atoms with Gasteiger partial charge in [-0.2, -0.15) is 0 Å². The van der Waals surface area contributed by atoms with Crippen molar-refractivity contribution < 1.29 is 9.18 Å². The van der Waals surface area contributed by atoms with Crippen LogP contribution >= 0.6 is 11.6 Å². The number of carbonyl (C=O) groups excluding carboxylic acids is 1. The zero-order chi connectivity index (χ0) is 8.97. The predicted octanol–water partition coefficient (Wildman–Crippen LogP) is 2.31. The van der Waals surface area contributed by atoms with Crippen LogP contribution in [0.25, 0.3) is 0 Å². The van der Waals surface area contributed by atoms with Gasteiger partial charge in [0.15, 0.2) is 0 Å². The van der Waals surface area contributed by atoms with Crippen LogP contribution in [0.2, 0.25) is 5.02 Å². The Kier molecular flexibility index (Phi) is 2.97. The summed E-state index contributed by atoms with van der Waals surface area (Å²) in [4.78, 5) is 13.0. The summed E-state index contributed by atoms with van der Waals surface area (Å²) in [5, 5.41) is 0.424. The van der Waals surface area contributed by atoms with Crippen LogP contribution < -0.4 is 0 Å². The second kappa shape index (κ2) is 4.00. The normalized spacial score (nSPS) is 9.17. The van der Waals surface area contributed by atoms with Gasteiger partial charge in [-0.3, -0.25) is 0 Å². The van der Waals surface area contributed by atoms with Gasteiger partial charge in [-0.1, -0.05) is 11.6 Å². The second-order valence-electron chi connectivity index (χ2n) is 2.14. The van der Waals surface area contributed by atoms with E-state index in [4.69, 9.17) is 11.6 Å². The number of hydrogen-bond donors (Lipinski definition) is 0. The summed E-state index contributed by atoms with van der Waals surface area (Å²) in [5.74, 6) is -0.418. The molecule has 62 valence electrons. The Labute approximate surface area is 73.7 Å². The first-order chi connectivity index (χ1) is 5.74. The minimum atomic E-state index is -0.418. The van der Waals surface area contributed by atoms with Crippen molar-refractivity contribution in [2.45, 2.75) is 6.54 Å². The average molecular weight is 186 g/mol. The first kappa shape index (κ1) is 8.91. The van der Waals surface area contributed by atoms with Crippen molar-refractivity contribution in [1.82, 2.24) is 0 Å². The van der Waals surface area contributed by atoms with Crippen LogP contribution in [-0.2, 0) is 11.3 Å². The SMILES string of the molecule is O=C=NCc1cc(Cl)ccc1F. The first-order valence-corrected chi connectivity index (χ1v) is 3.59. The van der Waals surface area contributed by atoms with Crippen molar-refractivity contribution in [2.24, 2.45) is 4.99 Å². The van der Waals surface area contributed by atoms with Crippen molar-refractivity contribution in [2.75, 3.05) is 0 Å². The van der Waals surface area contributed by atoms with E-state index in [1.54, 1.807) is 0 Å². The van der Waals surface area contributed by atoms with Crippen molar-refractivity contribution >= 4 is 17.7 Å². The molecule has 0 aliphatic heterocycles. The molecule has 0 saturated heterocycles. The summed E-state index contributed by atoms with van der Waals surface area (Å²) >= 11 is 5.59. The van der Waals surface area contributed by atoms with Gasteiger partial charge < -0.3 is 0 Å². The number of isocyanates is 1. The Bertz CT molecular complexity index is 334. The lowest BCUT2D eigenvalue weighted by Gasteiger charge is -1.97. The molecule has 0 saturated carbocycles. The molecule has 0 N–H and O–H groups in total. The van der Waals surface area contributed by atoms with Crippen LogP contribution in [0.5, 0.6) is 0 Å². The Hall–Kier alpha value is -1.18. The summed E-state index contributed by atoms with van der Waals surface area (Å²) in [6, 6.07) is 4.10. The molecule has 0 aliphatic carbocycles. The fourth-order valence-electron chi connectivity index (χ4n) is 0.782. The lowest BCUT2D eigenvalue weighted by molar-refractivity contribution is 0.561. The summed E-state index contributed by atoms with van der Waals surface area (Å²) in [5.41, 5.74) is 0.297. The fraction of sp³-hybridized carbons (Fsp3) is 0.125. The third-order valence-electron chi connectivity index (χ3n) is 1.32. The van der Waals surface area contributed by atoms with Crippen LogP contribution in [0.15, 0.2) is 23.2 Å². The Balaban J connectivity index is 2.96. The van der Waals surface area contributed by atoms with Crippen molar-refractivity contribution in [3.05, 3.63) is 34.6 Å². The molecule has 0 aromatic heterocycles. The van der Waals surface area contributed by atoms with Crippen molar-refractivity contribution in [3.63, 3.8) is 0 Å². The monoisotopic (exact) mass is 185 g/mol. The Morgan fingerprint density at radius 1 is 1.58 bits per heavy atom. The molecule has 0 aliphatic rings. The van der Waals surface area contributed by atoms with E-state index in [1.807, 2.05) is 0 Å². The van der Waals surface area contributed by atoms with E-state index in [-0.39, 0.29) is 6.54 Å². The third kappa shape index (κ3) is 2.16. The Morgan fingerprint density at radius 2 is 2.33 bits per heavy atom. The lowest BCUT2D eigenvalue weighted by atomic mass is 10.2. The predicted molar refractivity (Wildman–Crippen MR) is 43.2 cm³/mol. The third-order valence-corrected chi connectivity index (χ3v) is 1.56. The van der Waals surface area contributed by atoms with Gasteiger partial charge in [0.1, 0.15) is 5.82 Å². The molecule has 0 spiro atoms. The zero-order valence-corrected chi connectivity index (χ0v) is 6.81. The molecule has 0 radical (unpaired) electrons. The van der Waals surface area contributed by atoms with Crippen LogP contribution in [0.1, 0.15) is 5.56 Å². The minimum absolute atomic E-state index is 0.0180. The van der Waals surface area contributed by atoms with Gasteiger partial charge in [-0.05, 0) is 18.2 Å². The van der Waals surface area contributed by atoms with E-state index in [2.05, 4.69) is 4.99 Å². The number of aliphatic imine (C=N–C) groups is 1. The van der Waals surface area contributed by atoms with Gasteiger partial charge >= 0.3 is 0 Å². The maximum Gasteiger partial charge on any atom is 0.235 e. The van der Waals surface area contributed by atoms with Gasteiger partial charge in [-0.25, -0.2) is 14.2 Å². The molecular formula is C8H5ClFNO. The van der Waals surface area contributed by atoms with Crippen molar-refractivity contribution in [1.29, 1.82) is 0 Å². The summed E-state index contributed by atoms with van der Waals surface area (Å²) in [6.07, 6.45) is 1.33. The molecule has 1 rings (SSSR count). The molecule has 0 fully saturated rings. The molecule has 0 atom stereocenters. The Morgan fingerprint density at radius 3 is 3.00 bits per heavy atom. The summed E-state index contributed by atoms with van der Waals surface area (Å²) in [7, 11) is 0. The van der Waals surface area contributed by atoms with E-state index in [1.165, 1.54) is 24.3 Å². The highest BCUT2D eigenvalue weighted by atomic mass is 35.5. The number of hydrogen-bond acceptors (Lipinski definition) is 2. The number of halogens is 2. The van der Waals surface area contributed by atoms with Crippen molar-refractivity contribution in [3.8, 4) is 0 Å². The highest BCUT2D eigenvalue weighted by Crippen LogP contribution is 2.15. The zero-order valence-electron chi connectivity index (χ0n) is 6.05.